The molecule has 0 fully saturated rings. The summed E-state index contributed by atoms with van der Waals surface area (Å²) in [6.07, 6.45) is 8.02. The number of unbranched alkanes of at least 4 members (excludes halogenated alkanes) is 1. The third-order valence-electron chi connectivity index (χ3n) is 3.54. The van der Waals surface area contributed by atoms with Gasteiger partial charge < -0.3 is 10.1 Å². The number of nitrogens with zero attached hydrogens (tertiary/aromatic N) is 2. The molecule has 17 heavy (non-hydrogen) atoms. The normalized spacial score (nSPS) is 19.3. The van der Waals surface area contributed by atoms with E-state index in [9.17, 15) is 0 Å². The van der Waals surface area contributed by atoms with Crippen molar-refractivity contribution in [2.45, 2.75) is 38.1 Å². The van der Waals surface area contributed by atoms with Gasteiger partial charge in [-0.15, -0.1) is 0 Å². The van der Waals surface area contributed by atoms with Gasteiger partial charge in [0.1, 0.15) is 0 Å². The molecule has 1 aromatic heterocycles. The predicted octanol–water partition coefficient (Wildman–Crippen LogP) is 1.81. The second-order valence-corrected chi connectivity index (χ2v) is 4.77. The van der Waals surface area contributed by atoms with Crippen molar-refractivity contribution in [3.63, 3.8) is 0 Å². The Bertz CT molecular complexity index is 348. The lowest BCUT2D eigenvalue weighted by Gasteiger charge is -2.23. The Morgan fingerprint density at radius 2 is 2.41 bits per heavy atom. The van der Waals surface area contributed by atoms with Gasteiger partial charge in [0, 0.05) is 38.1 Å². The summed E-state index contributed by atoms with van der Waals surface area (Å²) in [7, 11) is 3.80. The number of rotatable bonds is 6. The second-order valence-electron chi connectivity index (χ2n) is 4.77. The minimum Gasteiger partial charge on any atom is -0.385 e. The van der Waals surface area contributed by atoms with Gasteiger partial charge in [-0.3, -0.25) is 4.68 Å². The molecule has 1 unspecified atom stereocenters. The quantitative estimate of drug-likeness (QED) is 0.767. The van der Waals surface area contributed by atoms with Crippen LogP contribution in [0.2, 0.25) is 0 Å². The highest BCUT2D eigenvalue weighted by Crippen LogP contribution is 2.28. The molecule has 0 spiro atoms. The van der Waals surface area contributed by atoms with E-state index in [1.165, 1.54) is 36.9 Å². The molecule has 0 bridgehead atoms. The Balaban J connectivity index is 1.82. The van der Waals surface area contributed by atoms with E-state index in [2.05, 4.69) is 10.4 Å². The summed E-state index contributed by atoms with van der Waals surface area (Å²) in [4.78, 5) is 0. The average molecular weight is 237 g/mol. The maximum absolute atomic E-state index is 5.05. The highest BCUT2D eigenvalue weighted by Gasteiger charge is 2.22. The van der Waals surface area contributed by atoms with Gasteiger partial charge in [0.2, 0.25) is 0 Å². The number of ether oxygens (including phenoxy) is 1. The van der Waals surface area contributed by atoms with E-state index >= 15 is 0 Å². The lowest BCUT2D eigenvalue weighted by atomic mass is 9.93. The number of fused-ring (bicyclic) bond motifs is 1. The fourth-order valence-electron chi connectivity index (χ4n) is 2.57. The maximum atomic E-state index is 5.05. The van der Waals surface area contributed by atoms with Crippen LogP contribution in [0, 0.1) is 0 Å². The van der Waals surface area contributed by atoms with Gasteiger partial charge >= 0.3 is 0 Å². The topological polar surface area (TPSA) is 39.1 Å². The SMILES string of the molecule is COCCCCNC1CCCc2c1cnn2C. The zero-order chi connectivity index (χ0) is 12.1. The van der Waals surface area contributed by atoms with Crippen LogP contribution in [0.4, 0.5) is 0 Å². The highest BCUT2D eigenvalue weighted by molar-refractivity contribution is 5.24. The van der Waals surface area contributed by atoms with Crippen molar-refractivity contribution in [3.05, 3.63) is 17.5 Å². The molecular weight excluding hydrogens is 214 g/mol. The van der Waals surface area contributed by atoms with Gasteiger partial charge in [0.05, 0.1) is 6.20 Å². The van der Waals surface area contributed by atoms with Crippen molar-refractivity contribution in [2.24, 2.45) is 7.05 Å². The summed E-state index contributed by atoms with van der Waals surface area (Å²) >= 11 is 0. The number of nitrogens with one attached hydrogen (secondary N) is 1. The zero-order valence-electron chi connectivity index (χ0n) is 10.9. The Labute approximate surface area is 103 Å². The Morgan fingerprint density at radius 1 is 1.53 bits per heavy atom. The number of methoxy groups -OCH3 is 1. The van der Waals surface area contributed by atoms with Gasteiger partial charge in [0.15, 0.2) is 0 Å². The van der Waals surface area contributed by atoms with Crippen LogP contribution in [0.25, 0.3) is 0 Å². The lowest BCUT2D eigenvalue weighted by molar-refractivity contribution is 0.192. The fourth-order valence-corrected chi connectivity index (χ4v) is 2.57. The zero-order valence-corrected chi connectivity index (χ0v) is 10.9. The minimum absolute atomic E-state index is 0.509. The maximum Gasteiger partial charge on any atom is 0.0540 e. The van der Waals surface area contributed by atoms with Crippen LogP contribution in [0.1, 0.15) is 43.0 Å². The summed E-state index contributed by atoms with van der Waals surface area (Å²) in [6.45, 7) is 1.94. The van der Waals surface area contributed by atoms with Gasteiger partial charge in [-0.05, 0) is 38.6 Å². The van der Waals surface area contributed by atoms with Crippen LogP contribution in [-0.2, 0) is 18.2 Å². The largest absolute Gasteiger partial charge is 0.385 e. The molecule has 0 saturated heterocycles. The van der Waals surface area contributed by atoms with Crippen LogP contribution in [-0.4, -0.2) is 30.0 Å². The fraction of sp³-hybridized carbons (Fsp3) is 0.769. The van der Waals surface area contributed by atoms with E-state index < -0.39 is 0 Å². The average Bonchev–Trinajstić information content (AvgIpc) is 2.72. The number of hydrogen-bond donors (Lipinski definition) is 1. The third-order valence-corrected chi connectivity index (χ3v) is 3.54. The van der Waals surface area contributed by atoms with E-state index in [0.717, 1.165) is 19.6 Å². The molecule has 0 amide bonds. The molecule has 2 rings (SSSR count). The molecule has 4 nitrogen and oxygen atoms in total. The number of aromatic nitrogens is 2. The van der Waals surface area contributed by atoms with E-state index in [1.807, 2.05) is 17.9 Å². The van der Waals surface area contributed by atoms with Crippen LogP contribution in [0.3, 0.4) is 0 Å². The van der Waals surface area contributed by atoms with E-state index in [-0.39, 0.29) is 0 Å². The summed E-state index contributed by atoms with van der Waals surface area (Å²) in [5, 5.41) is 8.00. The molecule has 96 valence electrons. The first-order valence-electron chi connectivity index (χ1n) is 6.56. The molecule has 0 aromatic carbocycles. The van der Waals surface area contributed by atoms with Crippen molar-refractivity contribution in [1.29, 1.82) is 0 Å². The van der Waals surface area contributed by atoms with E-state index in [1.54, 1.807) is 7.11 Å². The van der Waals surface area contributed by atoms with Crippen LogP contribution in [0.5, 0.6) is 0 Å². The van der Waals surface area contributed by atoms with Gasteiger partial charge in [0.25, 0.3) is 0 Å². The van der Waals surface area contributed by atoms with Crippen LogP contribution in [0.15, 0.2) is 6.20 Å². The van der Waals surface area contributed by atoms with E-state index in [4.69, 9.17) is 4.74 Å². The molecule has 1 aliphatic rings. The van der Waals surface area contributed by atoms with Gasteiger partial charge in [-0.25, -0.2) is 0 Å². The standard InChI is InChI=1S/C13H23N3O/c1-16-13-7-5-6-12(11(13)10-15-16)14-8-3-4-9-17-2/h10,12,14H,3-9H2,1-2H3. The van der Waals surface area contributed by atoms with Gasteiger partial charge in [-0.1, -0.05) is 0 Å². The Morgan fingerprint density at radius 3 is 3.24 bits per heavy atom. The van der Waals surface area contributed by atoms with Crippen LogP contribution >= 0.6 is 0 Å². The monoisotopic (exact) mass is 237 g/mol. The molecular formula is C13H23N3O. The molecule has 1 atom stereocenters. The number of hydrogen-bond acceptors (Lipinski definition) is 3. The van der Waals surface area contributed by atoms with Crippen molar-refractivity contribution in [2.75, 3.05) is 20.3 Å². The smallest absolute Gasteiger partial charge is 0.0540 e. The van der Waals surface area contributed by atoms with Crippen LogP contribution < -0.4 is 5.32 Å². The summed E-state index contributed by atoms with van der Waals surface area (Å²) in [5.41, 5.74) is 2.82. The summed E-state index contributed by atoms with van der Waals surface area (Å²) in [5.74, 6) is 0. The molecule has 1 aromatic rings. The first-order valence-corrected chi connectivity index (χ1v) is 6.56. The third kappa shape index (κ3) is 3.07. The molecule has 1 N–H and O–H groups in total. The molecule has 0 aliphatic heterocycles. The molecule has 1 aliphatic carbocycles. The first-order chi connectivity index (χ1) is 8.33. The van der Waals surface area contributed by atoms with E-state index in [0.29, 0.717) is 6.04 Å². The lowest BCUT2D eigenvalue weighted by Crippen LogP contribution is -2.26. The molecule has 4 heteroatoms. The highest BCUT2D eigenvalue weighted by atomic mass is 16.5. The summed E-state index contributed by atoms with van der Waals surface area (Å²) < 4.78 is 7.07. The van der Waals surface area contributed by atoms with Crippen molar-refractivity contribution in [1.82, 2.24) is 15.1 Å². The number of aryl methyl sites for hydroxylation is 1. The van der Waals surface area contributed by atoms with Crippen molar-refractivity contribution in [3.8, 4) is 0 Å². The molecule has 0 radical (unpaired) electrons. The summed E-state index contributed by atoms with van der Waals surface area (Å²) in [6, 6.07) is 0.509. The molecule has 0 saturated carbocycles. The predicted molar refractivity (Wildman–Crippen MR) is 68.0 cm³/mol. The minimum atomic E-state index is 0.509. The van der Waals surface area contributed by atoms with Crippen molar-refractivity contribution >= 4 is 0 Å². The van der Waals surface area contributed by atoms with Gasteiger partial charge in [-0.2, -0.15) is 5.10 Å². The van der Waals surface area contributed by atoms with Crippen molar-refractivity contribution < 1.29 is 4.74 Å². The molecule has 1 heterocycles. The first kappa shape index (κ1) is 12.6. The Hall–Kier alpha value is -0.870. The Kier molecular flexibility index (Phi) is 4.57. The second kappa shape index (κ2) is 6.17.